The monoisotopic (exact) mass is 291 g/mol. The van der Waals surface area contributed by atoms with Gasteiger partial charge >= 0.3 is 0 Å². The highest BCUT2D eigenvalue weighted by molar-refractivity contribution is 5.90. The number of amides is 1. The van der Waals surface area contributed by atoms with Gasteiger partial charge in [0.2, 0.25) is 5.89 Å². The second-order valence-corrected chi connectivity index (χ2v) is 5.10. The largest absolute Gasteiger partial charge is 0.337 e. The van der Waals surface area contributed by atoms with Crippen molar-refractivity contribution in [3.63, 3.8) is 0 Å². The Hall–Kier alpha value is -2.29. The van der Waals surface area contributed by atoms with E-state index in [1.165, 1.54) is 4.90 Å². The molecule has 1 aliphatic rings. The van der Waals surface area contributed by atoms with Crippen molar-refractivity contribution >= 4 is 5.91 Å². The van der Waals surface area contributed by atoms with Crippen molar-refractivity contribution in [2.45, 2.75) is 32.4 Å². The molecule has 0 aliphatic carbocycles. The smallest absolute Gasteiger partial charge is 0.295 e. The predicted octanol–water partition coefficient (Wildman–Crippen LogP) is 0.193. The molecule has 21 heavy (non-hydrogen) atoms. The van der Waals surface area contributed by atoms with Crippen LogP contribution in [0.5, 0.6) is 0 Å². The average molecular weight is 291 g/mol. The number of rotatable bonds is 4. The summed E-state index contributed by atoms with van der Waals surface area (Å²) in [5.74, 6) is 1.47. The van der Waals surface area contributed by atoms with Gasteiger partial charge < -0.3 is 14.7 Å². The topological polar surface area (TPSA) is 113 Å². The molecule has 1 saturated heterocycles. The van der Waals surface area contributed by atoms with E-state index < -0.39 is 0 Å². The molecule has 112 valence electrons. The van der Waals surface area contributed by atoms with Crippen molar-refractivity contribution in [1.29, 1.82) is 0 Å². The van der Waals surface area contributed by atoms with Crippen molar-refractivity contribution in [3.05, 3.63) is 23.4 Å². The van der Waals surface area contributed by atoms with Crippen molar-refractivity contribution in [1.82, 2.24) is 35.5 Å². The van der Waals surface area contributed by atoms with E-state index in [9.17, 15) is 4.79 Å². The second-order valence-electron chi connectivity index (χ2n) is 5.10. The lowest BCUT2D eigenvalue weighted by Gasteiger charge is -2.12. The van der Waals surface area contributed by atoms with Crippen LogP contribution in [0.25, 0.3) is 0 Å². The van der Waals surface area contributed by atoms with E-state index in [1.807, 2.05) is 0 Å². The molecule has 1 fully saturated rings. The van der Waals surface area contributed by atoms with Gasteiger partial charge in [-0.2, -0.15) is 10.1 Å². The zero-order chi connectivity index (χ0) is 14.8. The van der Waals surface area contributed by atoms with Gasteiger partial charge in [0.25, 0.3) is 11.7 Å². The molecule has 2 N–H and O–H groups in total. The first-order valence-corrected chi connectivity index (χ1v) is 6.84. The van der Waals surface area contributed by atoms with Crippen LogP contribution >= 0.6 is 0 Å². The van der Waals surface area contributed by atoms with Crippen molar-refractivity contribution < 1.29 is 9.32 Å². The number of nitrogens with one attached hydrogen (secondary N) is 2. The molecule has 9 nitrogen and oxygen atoms in total. The van der Waals surface area contributed by atoms with Gasteiger partial charge in [-0.3, -0.25) is 9.89 Å². The Labute approximate surface area is 121 Å². The van der Waals surface area contributed by atoms with Gasteiger partial charge in [-0.1, -0.05) is 5.16 Å². The Morgan fingerprint density at radius 3 is 3.00 bits per heavy atom. The van der Waals surface area contributed by atoms with Crippen molar-refractivity contribution in [2.75, 3.05) is 13.6 Å². The SMILES string of the molecule is Cc1nc(CN(C)C(=O)c2noc(C3CCCN3)n2)n[nH]1. The van der Waals surface area contributed by atoms with Crippen LogP contribution in [0.4, 0.5) is 0 Å². The zero-order valence-electron chi connectivity index (χ0n) is 12.0. The van der Waals surface area contributed by atoms with Gasteiger partial charge in [-0.25, -0.2) is 4.98 Å². The van der Waals surface area contributed by atoms with Gasteiger partial charge in [0.05, 0.1) is 12.6 Å². The van der Waals surface area contributed by atoms with Gasteiger partial charge in [-0.15, -0.1) is 0 Å². The minimum atomic E-state index is -0.314. The van der Waals surface area contributed by atoms with Crippen LogP contribution in [0.1, 0.15) is 47.0 Å². The van der Waals surface area contributed by atoms with Crippen LogP contribution in [0, 0.1) is 6.92 Å². The number of H-pyrrole nitrogens is 1. The molecule has 3 rings (SSSR count). The molecular formula is C12H17N7O2. The molecule has 1 unspecified atom stereocenters. The fraction of sp³-hybridized carbons (Fsp3) is 0.583. The van der Waals surface area contributed by atoms with E-state index in [2.05, 4.69) is 30.6 Å². The third-order valence-electron chi connectivity index (χ3n) is 3.36. The molecular weight excluding hydrogens is 274 g/mol. The van der Waals surface area contributed by atoms with Crippen LogP contribution < -0.4 is 5.32 Å². The van der Waals surface area contributed by atoms with Crippen molar-refractivity contribution in [3.8, 4) is 0 Å². The highest BCUT2D eigenvalue weighted by atomic mass is 16.5. The molecule has 1 atom stereocenters. The normalized spacial score (nSPS) is 18.1. The maximum Gasteiger partial charge on any atom is 0.295 e. The number of aryl methyl sites for hydroxylation is 1. The van der Waals surface area contributed by atoms with Gasteiger partial charge in [0.1, 0.15) is 5.82 Å². The molecule has 2 aromatic rings. The molecule has 0 saturated carbocycles. The maximum absolute atomic E-state index is 12.2. The summed E-state index contributed by atoms with van der Waals surface area (Å²) in [5.41, 5.74) is 0. The van der Waals surface area contributed by atoms with E-state index in [0.717, 1.165) is 19.4 Å². The summed E-state index contributed by atoms with van der Waals surface area (Å²) >= 11 is 0. The van der Waals surface area contributed by atoms with Crippen molar-refractivity contribution in [2.24, 2.45) is 0 Å². The Bertz CT molecular complexity index is 629. The van der Waals surface area contributed by atoms with Gasteiger partial charge in [0, 0.05) is 7.05 Å². The molecule has 0 spiro atoms. The standard InChI is InChI=1S/C12H17N7O2/c1-7-14-9(17-16-7)6-19(2)12(20)10-15-11(21-18-10)8-4-3-5-13-8/h8,13H,3-6H2,1-2H3,(H,14,16,17). The summed E-state index contributed by atoms with van der Waals surface area (Å²) in [6.45, 7) is 3.02. The van der Waals surface area contributed by atoms with Crippen LogP contribution in [-0.2, 0) is 6.54 Å². The first-order valence-electron chi connectivity index (χ1n) is 6.84. The van der Waals surface area contributed by atoms with Crippen LogP contribution in [0.3, 0.4) is 0 Å². The number of carbonyl (C=O) groups is 1. The third-order valence-corrected chi connectivity index (χ3v) is 3.36. The first-order chi connectivity index (χ1) is 10.1. The minimum absolute atomic E-state index is 0.0556. The first kappa shape index (κ1) is 13.7. The second kappa shape index (κ2) is 5.60. The fourth-order valence-electron chi connectivity index (χ4n) is 2.27. The van der Waals surface area contributed by atoms with Gasteiger partial charge in [0.15, 0.2) is 5.82 Å². The lowest BCUT2D eigenvalue weighted by atomic mass is 10.2. The average Bonchev–Trinajstić information content (AvgIpc) is 3.18. The highest BCUT2D eigenvalue weighted by Gasteiger charge is 2.25. The summed E-state index contributed by atoms with van der Waals surface area (Å²) in [5, 5.41) is 13.7. The summed E-state index contributed by atoms with van der Waals surface area (Å²) in [4.78, 5) is 22.0. The van der Waals surface area contributed by atoms with Gasteiger partial charge in [-0.05, 0) is 26.3 Å². The molecule has 1 aliphatic heterocycles. The zero-order valence-corrected chi connectivity index (χ0v) is 12.0. The Morgan fingerprint density at radius 1 is 1.48 bits per heavy atom. The number of hydrogen-bond acceptors (Lipinski definition) is 7. The summed E-state index contributed by atoms with van der Waals surface area (Å²) < 4.78 is 5.17. The molecule has 1 amide bonds. The quantitative estimate of drug-likeness (QED) is 0.826. The maximum atomic E-state index is 12.2. The van der Waals surface area contributed by atoms with E-state index >= 15 is 0 Å². The van der Waals surface area contributed by atoms with E-state index in [1.54, 1.807) is 14.0 Å². The Kier molecular flexibility index (Phi) is 3.65. The van der Waals surface area contributed by atoms with Crippen LogP contribution in [0.15, 0.2) is 4.52 Å². The lowest BCUT2D eigenvalue weighted by molar-refractivity contribution is 0.0766. The number of carbonyl (C=O) groups excluding carboxylic acids is 1. The summed E-state index contributed by atoms with van der Waals surface area (Å²) in [6.07, 6.45) is 2.02. The number of aromatic nitrogens is 5. The number of nitrogens with zero attached hydrogens (tertiary/aromatic N) is 5. The molecule has 0 bridgehead atoms. The summed E-state index contributed by atoms with van der Waals surface area (Å²) in [7, 11) is 1.65. The fourth-order valence-corrected chi connectivity index (χ4v) is 2.27. The Balaban J connectivity index is 1.66. The molecule has 9 heteroatoms. The molecule has 0 radical (unpaired) electrons. The van der Waals surface area contributed by atoms with E-state index in [4.69, 9.17) is 4.52 Å². The van der Waals surface area contributed by atoms with E-state index in [-0.39, 0.29) is 24.3 Å². The highest BCUT2D eigenvalue weighted by Crippen LogP contribution is 2.21. The van der Waals surface area contributed by atoms with Crippen LogP contribution in [-0.4, -0.2) is 49.7 Å². The summed E-state index contributed by atoms with van der Waals surface area (Å²) in [6, 6.07) is 0.0556. The minimum Gasteiger partial charge on any atom is -0.337 e. The predicted molar refractivity (Wildman–Crippen MR) is 71.2 cm³/mol. The molecule has 3 heterocycles. The lowest BCUT2D eigenvalue weighted by Crippen LogP contribution is -2.27. The number of aromatic amines is 1. The molecule has 0 aromatic carbocycles. The third kappa shape index (κ3) is 2.92. The molecule has 2 aromatic heterocycles. The van der Waals surface area contributed by atoms with E-state index in [0.29, 0.717) is 17.5 Å². The van der Waals surface area contributed by atoms with Crippen LogP contribution in [0.2, 0.25) is 0 Å². The Morgan fingerprint density at radius 2 is 2.33 bits per heavy atom. The number of hydrogen-bond donors (Lipinski definition) is 2.